The van der Waals surface area contributed by atoms with E-state index in [2.05, 4.69) is 26.9 Å². The first-order chi connectivity index (χ1) is 12.1. The van der Waals surface area contributed by atoms with E-state index in [-0.39, 0.29) is 6.04 Å². The molecule has 0 aliphatic carbocycles. The average molecular weight is 404 g/mol. The molecule has 132 valence electrons. The zero-order valence-corrected chi connectivity index (χ0v) is 15.8. The Labute approximate surface area is 156 Å². The van der Waals surface area contributed by atoms with Crippen LogP contribution in [-0.4, -0.2) is 35.2 Å². The number of aliphatic carboxylic acids is 1. The van der Waals surface area contributed by atoms with Crippen molar-refractivity contribution in [3.05, 3.63) is 64.1 Å². The molecule has 1 aliphatic rings. The van der Waals surface area contributed by atoms with E-state index in [0.717, 1.165) is 34.3 Å². The molecule has 0 bridgehead atoms. The normalized spacial score (nSPS) is 18.9. The highest BCUT2D eigenvalue weighted by atomic mass is 79.9. The Hall–Kier alpha value is -1.85. The Balaban J connectivity index is 2.13. The van der Waals surface area contributed by atoms with Gasteiger partial charge < -0.3 is 9.84 Å². The minimum absolute atomic E-state index is 0.165. The van der Waals surface area contributed by atoms with Crippen LogP contribution >= 0.6 is 15.9 Å². The molecule has 3 rings (SSSR count). The summed E-state index contributed by atoms with van der Waals surface area (Å²) in [6, 6.07) is 15.3. The standard InChI is InChI=1S/C20H22BrNO3/c1-2-25-18-12-6-4-9-15(18)19(14-8-3-5-10-16(14)21)22-13-7-11-17(22)20(23)24/h3-6,8-10,12,17,19H,2,7,11,13H2,1H3,(H,23,24)/t17-,19+/m0/s1. The predicted octanol–water partition coefficient (Wildman–Crippen LogP) is 4.49. The van der Waals surface area contributed by atoms with Crippen molar-refractivity contribution in [3.8, 4) is 5.75 Å². The molecule has 0 saturated carbocycles. The van der Waals surface area contributed by atoms with E-state index in [0.29, 0.717) is 13.0 Å². The number of carboxylic acids is 1. The van der Waals surface area contributed by atoms with Gasteiger partial charge >= 0.3 is 5.97 Å². The van der Waals surface area contributed by atoms with Crippen LogP contribution in [0.15, 0.2) is 53.0 Å². The summed E-state index contributed by atoms with van der Waals surface area (Å²) in [5.74, 6) is 0.0465. The van der Waals surface area contributed by atoms with Gasteiger partial charge in [-0.15, -0.1) is 0 Å². The van der Waals surface area contributed by atoms with E-state index in [4.69, 9.17) is 4.74 Å². The first-order valence-corrected chi connectivity index (χ1v) is 9.37. The van der Waals surface area contributed by atoms with Crippen LogP contribution in [0.25, 0.3) is 0 Å². The Morgan fingerprint density at radius 1 is 1.24 bits per heavy atom. The number of hydrogen-bond donors (Lipinski definition) is 1. The second kappa shape index (κ2) is 8.02. The summed E-state index contributed by atoms with van der Waals surface area (Å²) in [4.78, 5) is 13.9. The summed E-state index contributed by atoms with van der Waals surface area (Å²) in [7, 11) is 0. The number of para-hydroxylation sites is 1. The van der Waals surface area contributed by atoms with Crippen LogP contribution in [0.1, 0.15) is 36.9 Å². The highest BCUT2D eigenvalue weighted by Crippen LogP contribution is 2.41. The van der Waals surface area contributed by atoms with Gasteiger partial charge in [-0.3, -0.25) is 9.69 Å². The van der Waals surface area contributed by atoms with Crippen LogP contribution in [0, 0.1) is 0 Å². The molecular weight excluding hydrogens is 382 g/mol. The fraction of sp³-hybridized carbons (Fsp3) is 0.350. The van der Waals surface area contributed by atoms with Crippen molar-refractivity contribution >= 4 is 21.9 Å². The molecule has 1 heterocycles. The molecule has 2 atom stereocenters. The Morgan fingerprint density at radius 2 is 1.92 bits per heavy atom. The summed E-state index contributed by atoms with van der Waals surface area (Å²) in [5, 5.41) is 9.68. The van der Waals surface area contributed by atoms with E-state index in [9.17, 15) is 9.90 Å². The Bertz CT molecular complexity index is 749. The fourth-order valence-corrected chi connectivity index (χ4v) is 4.08. The first-order valence-electron chi connectivity index (χ1n) is 8.58. The summed E-state index contributed by atoms with van der Waals surface area (Å²) < 4.78 is 6.82. The lowest BCUT2D eigenvalue weighted by atomic mass is 9.95. The lowest BCUT2D eigenvalue weighted by molar-refractivity contribution is -0.142. The molecule has 25 heavy (non-hydrogen) atoms. The number of benzene rings is 2. The SMILES string of the molecule is CCOc1ccccc1[C@@H](c1ccccc1Br)N1CCC[C@H]1C(=O)O. The predicted molar refractivity (Wildman–Crippen MR) is 101 cm³/mol. The van der Waals surface area contributed by atoms with Crippen LogP contribution < -0.4 is 4.74 Å². The molecule has 1 aliphatic heterocycles. The molecule has 0 amide bonds. The molecule has 0 spiro atoms. The third-order valence-electron chi connectivity index (χ3n) is 4.62. The fourth-order valence-electron chi connectivity index (χ4n) is 3.58. The second-order valence-electron chi connectivity index (χ2n) is 6.13. The van der Waals surface area contributed by atoms with Crippen molar-refractivity contribution in [2.45, 2.75) is 31.8 Å². The van der Waals surface area contributed by atoms with E-state index in [1.165, 1.54) is 0 Å². The van der Waals surface area contributed by atoms with E-state index >= 15 is 0 Å². The van der Waals surface area contributed by atoms with Crippen LogP contribution in [0.3, 0.4) is 0 Å². The van der Waals surface area contributed by atoms with Crippen molar-refractivity contribution in [1.29, 1.82) is 0 Å². The number of carbonyl (C=O) groups is 1. The van der Waals surface area contributed by atoms with E-state index in [1.807, 2.05) is 49.4 Å². The summed E-state index contributed by atoms with van der Waals surface area (Å²) in [6.07, 6.45) is 1.56. The maximum atomic E-state index is 11.8. The highest BCUT2D eigenvalue weighted by molar-refractivity contribution is 9.10. The van der Waals surface area contributed by atoms with Crippen molar-refractivity contribution < 1.29 is 14.6 Å². The number of carboxylic acid groups (broad SMARTS) is 1. The lowest BCUT2D eigenvalue weighted by Gasteiger charge is -2.33. The maximum Gasteiger partial charge on any atom is 0.320 e. The smallest absolute Gasteiger partial charge is 0.320 e. The van der Waals surface area contributed by atoms with E-state index < -0.39 is 12.0 Å². The number of likely N-dealkylation sites (tertiary alicyclic amines) is 1. The van der Waals surface area contributed by atoms with Crippen LogP contribution in [0.2, 0.25) is 0 Å². The van der Waals surface area contributed by atoms with Crippen molar-refractivity contribution in [1.82, 2.24) is 4.90 Å². The molecule has 1 saturated heterocycles. The largest absolute Gasteiger partial charge is 0.494 e. The van der Waals surface area contributed by atoms with Crippen LogP contribution in [-0.2, 0) is 4.79 Å². The highest BCUT2D eigenvalue weighted by Gasteiger charge is 2.38. The third-order valence-corrected chi connectivity index (χ3v) is 5.35. The molecule has 2 aromatic rings. The van der Waals surface area contributed by atoms with Gasteiger partial charge in [0.2, 0.25) is 0 Å². The number of rotatable bonds is 6. The van der Waals surface area contributed by atoms with Gasteiger partial charge in [-0.2, -0.15) is 0 Å². The molecule has 0 unspecified atom stereocenters. The van der Waals surface area contributed by atoms with Crippen LogP contribution in [0.5, 0.6) is 5.75 Å². The van der Waals surface area contributed by atoms with Gasteiger partial charge in [0, 0.05) is 16.6 Å². The third kappa shape index (κ3) is 3.72. The topological polar surface area (TPSA) is 49.8 Å². The van der Waals surface area contributed by atoms with Gasteiger partial charge in [0.25, 0.3) is 0 Å². The Morgan fingerprint density at radius 3 is 2.60 bits per heavy atom. The molecule has 2 aromatic carbocycles. The Kier molecular flexibility index (Phi) is 5.76. The minimum atomic E-state index is -0.761. The first kappa shape index (κ1) is 18.0. The summed E-state index contributed by atoms with van der Waals surface area (Å²) >= 11 is 3.65. The number of nitrogens with zero attached hydrogens (tertiary/aromatic N) is 1. The van der Waals surface area contributed by atoms with Crippen molar-refractivity contribution in [3.63, 3.8) is 0 Å². The van der Waals surface area contributed by atoms with Gasteiger partial charge in [-0.25, -0.2) is 0 Å². The zero-order valence-electron chi connectivity index (χ0n) is 14.2. The molecule has 4 nitrogen and oxygen atoms in total. The van der Waals surface area contributed by atoms with Crippen molar-refractivity contribution in [2.24, 2.45) is 0 Å². The van der Waals surface area contributed by atoms with Gasteiger partial charge in [0.1, 0.15) is 11.8 Å². The molecular formula is C20H22BrNO3. The average Bonchev–Trinajstić information content (AvgIpc) is 3.08. The molecule has 1 N–H and O–H groups in total. The number of hydrogen-bond acceptors (Lipinski definition) is 3. The lowest BCUT2D eigenvalue weighted by Crippen LogP contribution is -2.39. The minimum Gasteiger partial charge on any atom is -0.494 e. The quantitative estimate of drug-likeness (QED) is 0.771. The van der Waals surface area contributed by atoms with Gasteiger partial charge in [-0.1, -0.05) is 52.3 Å². The van der Waals surface area contributed by atoms with Crippen LogP contribution in [0.4, 0.5) is 0 Å². The maximum absolute atomic E-state index is 11.8. The molecule has 0 radical (unpaired) electrons. The molecule has 5 heteroatoms. The summed E-state index contributed by atoms with van der Waals surface area (Å²) in [6.45, 7) is 3.28. The number of halogens is 1. The van der Waals surface area contributed by atoms with Gasteiger partial charge in [0.15, 0.2) is 0 Å². The zero-order chi connectivity index (χ0) is 17.8. The molecule has 1 fully saturated rings. The van der Waals surface area contributed by atoms with Gasteiger partial charge in [0.05, 0.1) is 12.6 Å². The molecule has 0 aromatic heterocycles. The summed E-state index contributed by atoms with van der Waals surface area (Å²) in [5.41, 5.74) is 2.06. The van der Waals surface area contributed by atoms with Crippen molar-refractivity contribution in [2.75, 3.05) is 13.2 Å². The van der Waals surface area contributed by atoms with E-state index in [1.54, 1.807) is 0 Å². The van der Waals surface area contributed by atoms with Gasteiger partial charge in [-0.05, 0) is 37.5 Å². The monoisotopic (exact) mass is 403 g/mol. The second-order valence-corrected chi connectivity index (χ2v) is 6.98. The number of ether oxygens (including phenoxy) is 1.